The van der Waals surface area contributed by atoms with Crippen LogP contribution in [0, 0.1) is 32.1 Å². The molecule has 7 nitrogen and oxygen atoms in total. The Labute approximate surface area is 145 Å². The molecule has 1 aromatic heterocycles. The van der Waals surface area contributed by atoms with Crippen molar-refractivity contribution >= 4 is 17.8 Å². The normalized spacial score (nSPS) is 10.0. The van der Waals surface area contributed by atoms with Crippen molar-refractivity contribution in [2.45, 2.75) is 20.8 Å². The number of nitriles is 1. The molecule has 0 spiro atoms. The van der Waals surface area contributed by atoms with E-state index in [0.29, 0.717) is 5.75 Å². The van der Waals surface area contributed by atoms with Gasteiger partial charge < -0.3 is 13.9 Å². The molecular weight excluding hydrogens is 324 g/mol. The number of aryl methyl sites for hydroxylation is 3. The van der Waals surface area contributed by atoms with E-state index in [4.69, 9.17) is 9.15 Å². The van der Waals surface area contributed by atoms with Crippen molar-refractivity contribution in [1.29, 1.82) is 5.26 Å². The van der Waals surface area contributed by atoms with Crippen LogP contribution in [0.3, 0.4) is 0 Å². The SMILES string of the molecule is COC(=O)c1c(C)oc(NC(=O)COc2ccc(C)c(C)c2)c1C#N. The molecule has 2 rings (SSSR count). The van der Waals surface area contributed by atoms with Crippen molar-refractivity contribution in [3.63, 3.8) is 0 Å². The molecule has 1 amide bonds. The Morgan fingerprint density at radius 1 is 1.24 bits per heavy atom. The molecule has 130 valence electrons. The number of nitrogens with one attached hydrogen (secondary N) is 1. The van der Waals surface area contributed by atoms with E-state index in [1.165, 1.54) is 14.0 Å². The predicted molar refractivity (Wildman–Crippen MR) is 89.5 cm³/mol. The topological polar surface area (TPSA) is 102 Å². The van der Waals surface area contributed by atoms with Crippen LogP contribution < -0.4 is 10.1 Å². The molecule has 7 heteroatoms. The van der Waals surface area contributed by atoms with Gasteiger partial charge in [0.2, 0.25) is 5.88 Å². The van der Waals surface area contributed by atoms with Gasteiger partial charge in [0.25, 0.3) is 5.91 Å². The molecule has 0 aliphatic heterocycles. The van der Waals surface area contributed by atoms with E-state index in [-0.39, 0.29) is 29.4 Å². The highest BCUT2D eigenvalue weighted by molar-refractivity contribution is 5.98. The van der Waals surface area contributed by atoms with Crippen LogP contribution in [0.2, 0.25) is 0 Å². The highest BCUT2D eigenvalue weighted by atomic mass is 16.5. The number of ether oxygens (including phenoxy) is 2. The van der Waals surface area contributed by atoms with Crippen LogP contribution in [0.5, 0.6) is 5.75 Å². The number of nitrogens with zero attached hydrogens (tertiary/aromatic N) is 1. The third-order valence-electron chi connectivity index (χ3n) is 3.69. The molecule has 2 aromatic rings. The molecule has 0 fully saturated rings. The Kier molecular flexibility index (Phi) is 5.45. The van der Waals surface area contributed by atoms with Gasteiger partial charge in [-0.05, 0) is 44.0 Å². The number of anilines is 1. The lowest BCUT2D eigenvalue weighted by Crippen LogP contribution is -2.20. The van der Waals surface area contributed by atoms with Gasteiger partial charge >= 0.3 is 5.97 Å². The maximum Gasteiger partial charge on any atom is 0.342 e. The Bertz CT molecular complexity index is 861. The molecule has 1 N–H and O–H groups in total. The summed E-state index contributed by atoms with van der Waals surface area (Å²) in [4.78, 5) is 23.8. The van der Waals surface area contributed by atoms with Crippen LogP contribution >= 0.6 is 0 Å². The second-order valence-electron chi connectivity index (χ2n) is 5.42. The molecule has 0 bridgehead atoms. The minimum absolute atomic E-state index is 0.00428. The molecule has 0 atom stereocenters. The summed E-state index contributed by atoms with van der Waals surface area (Å²) in [6.07, 6.45) is 0. The van der Waals surface area contributed by atoms with Gasteiger partial charge in [-0.15, -0.1) is 0 Å². The summed E-state index contributed by atoms with van der Waals surface area (Å²) >= 11 is 0. The standard InChI is InChI=1S/C18H18N2O5/c1-10-5-6-13(7-11(10)2)24-9-15(21)20-17-14(8-19)16(12(3)25-17)18(22)23-4/h5-7H,9H2,1-4H3,(H,20,21). The fourth-order valence-corrected chi connectivity index (χ4v) is 2.20. The molecule has 1 heterocycles. The molecule has 0 saturated carbocycles. The van der Waals surface area contributed by atoms with Crippen LogP contribution in [0.4, 0.5) is 5.88 Å². The first-order valence-corrected chi connectivity index (χ1v) is 7.49. The maximum absolute atomic E-state index is 12.0. The van der Waals surface area contributed by atoms with Gasteiger partial charge in [0.05, 0.1) is 7.11 Å². The van der Waals surface area contributed by atoms with Crippen molar-refractivity contribution in [2.24, 2.45) is 0 Å². The van der Waals surface area contributed by atoms with E-state index in [0.717, 1.165) is 11.1 Å². The summed E-state index contributed by atoms with van der Waals surface area (Å²) in [5, 5.41) is 11.7. The molecule has 0 saturated heterocycles. The van der Waals surface area contributed by atoms with Crippen molar-refractivity contribution in [1.82, 2.24) is 0 Å². The first kappa shape index (κ1) is 18.1. The largest absolute Gasteiger partial charge is 0.484 e. The van der Waals surface area contributed by atoms with Crippen molar-refractivity contribution in [2.75, 3.05) is 19.0 Å². The highest BCUT2D eigenvalue weighted by Gasteiger charge is 2.25. The highest BCUT2D eigenvalue weighted by Crippen LogP contribution is 2.27. The third-order valence-corrected chi connectivity index (χ3v) is 3.69. The number of furan rings is 1. The first-order chi connectivity index (χ1) is 11.9. The average Bonchev–Trinajstić information content (AvgIpc) is 2.90. The fourth-order valence-electron chi connectivity index (χ4n) is 2.20. The maximum atomic E-state index is 12.0. The van der Waals surface area contributed by atoms with Gasteiger partial charge in [-0.3, -0.25) is 10.1 Å². The van der Waals surface area contributed by atoms with Gasteiger partial charge in [-0.1, -0.05) is 6.07 Å². The summed E-state index contributed by atoms with van der Waals surface area (Å²) in [7, 11) is 1.20. The van der Waals surface area contributed by atoms with E-state index in [1.54, 1.807) is 6.07 Å². The summed E-state index contributed by atoms with van der Waals surface area (Å²) in [6, 6.07) is 7.34. The van der Waals surface area contributed by atoms with Crippen LogP contribution in [-0.2, 0) is 9.53 Å². The second-order valence-corrected chi connectivity index (χ2v) is 5.42. The quantitative estimate of drug-likeness (QED) is 0.838. The lowest BCUT2D eigenvalue weighted by molar-refractivity contribution is -0.118. The van der Waals surface area contributed by atoms with Gasteiger partial charge in [0.15, 0.2) is 6.61 Å². The summed E-state index contributed by atoms with van der Waals surface area (Å²) in [6.45, 7) is 5.17. The van der Waals surface area contributed by atoms with Gasteiger partial charge in [-0.2, -0.15) is 5.26 Å². The smallest absolute Gasteiger partial charge is 0.342 e. The van der Waals surface area contributed by atoms with Crippen molar-refractivity contribution in [3.05, 3.63) is 46.2 Å². The van der Waals surface area contributed by atoms with Crippen LogP contribution in [0.25, 0.3) is 0 Å². The Morgan fingerprint density at radius 2 is 1.96 bits per heavy atom. The number of benzene rings is 1. The zero-order valence-corrected chi connectivity index (χ0v) is 14.4. The summed E-state index contributed by atoms with van der Waals surface area (Å²) < 4.78 is 15.3. The minimum atomic E-state index is -0.704. The minimum Gasteiger partial charge on any atom is -0.484 e. The molecule has 0 aliphatic carbocycles. The van der Waals surface area contributed by atoms with Gasteiger partial charge in [0.1, 0.15) is 28.7 Å². The van der Waals surface area contributed by atoms with Crippen LogP contribution in [0.1, 0.15) is 32.8 Å². The van der Waals surface area contributed by atoms with Gasteiger partial charge in [0, 0.05) is 0 Å². The molecule has 0 aliphatic rings. The van der Waals surface area contributed by atoms with E-state index in [9.17, 15) is 14.9 Å². The Hall–Kier alpha value is -3.27. The number of amides is 1. The zero-order chi connectivity index (χ0) is 18.6. The molecule has 0 radical (unpaired) electrons. The lowest BCUT2D eigenvalue weighted by Gasteiger charge is -2.08. The lowest BCUT2D eigenvalue weighted by atomic mass is 10.1. The zero-order valence-electron chi connectivity index (χ0n) is 14.4. The summed E-state index contributed by atoms with van der Waals surface area (Å²) in [5.41, 5.74) is 2.09. The fraction of sp³-hybridized carbons (Fsp3) is 0.278. The third kappa shape index (κ3) is 3.98. The molecule has 0 unspecified atom stereocenters. The Balaban J connectivity index is 2.09. The monoisotopic (exact) mass is 342 g/mol. The van der Waals surface area contributed by atoms with E-state index in [1.807, 2.05) is 32.0 Å². The number of carbonyl (C=O) groups excluding carboxylic acids is 2. The van der Waals surface area contributed by atoms with Crippen molar-refractivity contribution < 1.29 is 23.5 Å². The number of methoxy groups -OCH3 is 1. The van der Waals surface area contributed by atoms with E-state index in [2.05, 4.69) is 10.1 Å². The average molecular weight is 342 g/mol. The molecule has 25 heavy (non-hydrogen) atoms. The summed E-state index contributed by atoms with van der Waals surface area (Å²) in [5.74, 6) is -0.572. The second kappa shape index (κ2) is 7.53. The van der Waals surface area contributed by atoms with Crippen molar-refractivity contribution in [3.8, 4) is 11.8 Å². The van der Waals surface area contributed by atoms with E-state index >= 15 is 0 Å². The number of hydrogen-bond donors (Lipinski definition) is 1. The molecule has 1 aromatic carbocycles. The number of rotatable bonds is 5. The van der Waals surface area contributed by atoms with Crippen LogP contribution in [0.15, 0.2) is 22.6 Å². The Morgan fingerprint density at radius 3 is 2.56 bits per heavy atom. The number of carbonyl (C=O) groups is 2. The van der Waals surface area contributed by atoms with Gasteiger partial charge in [-0.25, -0.2) is 4.79 Å². The number of hydrogen-bond acceptors (Lipinski definition) is 6. The number of esters is 1. The van der Waals surface area contributed by atoms with E-state index < -0.39 is 11.9 Å². The molecular formula is C18H18N2O5. The predicted octanol–water partition coefficient (Wildman–Crippen LogP) is 2.88. The first-order valence-electron chi connectivity index (χ1n) is 7.49. The van der Waals surface area contributed by atoms with Crippen LogP contribution in [-0.4, -0.2) is 25.6 Å².